The van der Waals surface area contributed by atoms with Crippen LogP contribution in [0.25, 0.3) is 5.65 Å². The zero-order valence-electron chi connectivity index (χ0n) is 10.9. The van der Waals surface area contributed by atoms with Crippen LogP contribution in [0.5, 0.6) is 0 Å². The molecule has 0 saturated carbocycles. The van der Waals surface area contributed by atoms with Crippen LogP contribution >= 0.6 is 0 Å². The second-order valence-electron chi connectivity index (χ2n) is 4.52. The minimum atomic E-state index is 0.268. The van der Waals surface area contributed by atoms with E-state index in [-0.39, 0.29) is 6.04 Å². The Hall–Kier alpha value is -1.73. The highest BCUT2D eigenvalue weighted by Gasteiger charge is 2.26. The predicted octanol–water partition coefficient (Wildman–Crippen LogP) is 0.366. The van der Waals surface area contributed by atoms with Gasteiger partial charge in [0.25, 0.3) is 0 Å². The topological polar surface area (TPSA) is 64.8 Å². The van der Waals surface area contributed by atoms with E-state index < -0.39 is 0 Å². The summed E-state index contributed by atoms with van der Waals surface area (Å²) >= 11 is 0. The number of morpholine rings is 1. The van der Waals surface area contributed by atoms with Gasteiger partial charge in [-0.05, 0) is 6.42 Å². The lowest BCUT2D eigenvalue weighted by Gasteiger charge is -2.36. The SMILES string of the molecule is COCCC1COCCN1c1nccn2cnnc12. The largest absolute Gasteiger partial charge is 0.385 e. The highest BCUT2D eigenvalue weighted by Crippen LogP contribution is 2.22. The molecule has 0 aliphatic carbocycles. The maximum absolute atomic E-state index is 5.56. The first-order valence-electron chi connectivity index (χ1n) is 6.38. The van der Waals surface area contributed by atoms with Crippen molar-refractivity contribution in [3.63, 3.8) is 0 Å². The Morgan fingerprint density at radius 2 is 2.47 bits per heavy atom. The molecule has 19 heavy (non-hydrogen) atoms. The minimum Gasteiger partial charge on any atom is -0.385 e. The van der Waals surface area contributed by atoms with Crippen LogP contribution in [-0.2, 0) is 9.47 Å². The average molecular weight is 263 g/mol. The molecule has 7 nitrogen and oxygen atoms in total. The number of hydrogen-bond donors (Lipinski definition) is 0. The fraction of sp³-hybridized carbons (Fsp3) is 0.583. The van der Waals surface area contributed by atoms with Gasteiger partial charge in [0.1, 0.15) is 6.33 Å². The van der Waals surface area contributed by atoms with Crippen LogP contribution in [0, 0.1) is 0 Å². The molecule has 2 aromatic heterocycles. The first kappa shape index (κ1) is 12.3. The number of methoxy groups -OCH3 is 1. The van der Waals surface area contributed by atoms with E-state index in [4.69, 9.17) is 9.47 Å². The third kappa shape index (κ3) is 2.39. The van der Waals surface area contributed by atoms with Crippen LogP contribution in [-0.4, -0.2) is 59.1 Å². The van der Waals surface area contributed by atoms with Crippen molar-refractivity contribution in [2.75, 3.05) is 38.4 Å². The van der Waals surface area contributed by atoms with Crippen LogP contribution in [0.3, 0.4) is 0 Å². The summed E-state index contributed by atoms with van der Waals surface area (Å²) in [4.78, 5) is 6.71. The first-order chi connectivity index (χ1) is 9.40. The highest BCUT2D eigenvalue weighted by atomic mass is 16.5. The number of anilines is 1. The van der Waals surface area contributed by atoms with Gasteiger partial charge in [0.05, 0.1) is 19.3 Å². The summed E-state index contributed by atoms with van der Waals surface area (Å²) < 4.78 is 12.6. The maximum atomic E-state index is 5.56. The quantitative estimate of drug-likeness (QED) is 0.794. The van der Waals surface area contributed by atoms with Crippen molar-refractivity contribution in [3.8, 4) is 0 Å². The molecule has 1 atom stereocenters. The zero-order chi connectivity index (χ0) is 13.1. The molecule has 0 N–H and O–H groups in total. The van der Waals surface area contributed by atoms with Gasteiger partial charge in [0.15, 0.2) is 5.82 Å². The lowest BCUT2D eigenvalue weighted by atomic mass is 10.1. The van der Waals surface area contributed by atoms with Crippen molar-refractivity contribution in [2.24, 2.45) is 0 Å². The molecule has 1 aliphatic heterocycles. The summed E-state index contributed by atoms with van der Waals surface area (Å²) in [6.07, 6.45) is 6.22. The van der Waals surface area contributed by atoms with Gasteiger partial charge >= 0.3 is 0 Å². The molecule has 0 amide bonds. The molecule has 3 rings (SSSR count). The van der Waals surface area contributed by atoms with Crippen LogP contribution in [0.4, 0.5) is 5.82 Å². The maximum Gasteiger partial charge on any atom is 0.203 e. The van der Waals surface area contributed by atoms with E-state index in [0.29, 0.717) is 19.8 Å². The lowest BCUT2D eigenvalue weighted by molar-refractivity contribution is 0.0795. The third-order valence-electron chi connectivity index (χ3n) is 3.35. The zero-order valence-corrected chi connectivity index (χ0v) is 10.9. The van der Waals surface area contributed by atoms with Gasteiger partial charge in [0.2, 0.25) is 5.65 Å². The van der Waals surface area contributed by atoms with E-state index in [0.717, 1.165) is 24.4 Å². The normalized spacial score (nSPS) is 20.1. The molecule has 2 aromatic rings. The highest BCUT2D eigenvalue weighted by molar-refractivity contribution is 5.63. The third-order valence-corrected chi connectivity index (χ3v) is 3.35. The summed E-state index contributed by atoms with van der Waals surface area (Å²) in [7, 11) is 1.71. The van der Waals surface area contributed by atoms with E-state index in [9.17, 15) is 0 Å². The molecule has 0 aromatic carbocycles. The van der Waals surface area contributed by atoms with Crippen LogP contribution in [0.15, 0.2) is 18.7 Å². The smallest absolute Gasteiger partial charge is 0.203 e. The van der Waals surface area contributed by atoms with Gasteiger partial charge < -0.3 is 14.4 Å². The van der Waals surface area contributed by atoms with Crippen LogP contribution in [0.1, 0.15) is 6.42 Å². The molecule has 3 heterocycles. The van der Waals surface area contributed by atoms with Gasteiger partial charge in [-0.3, -0.25) is 4.40 Å². The number of fused-ring (bicyclic) bond motifs is 1. The van der Waals surface area contributed by atoms with Crippen molar-refractivity contribution >= 4 is 11.5 Å². The van der Waals surface area contributed by atoms with Crippen molar-refractivity contribution < 1.29 is 9.47 Å². The molecule has 1 unspecified atom stereocenters. The van der Waals surface area contributed by atoms with E-state index in [1.54, 1.807) is 19.6 Å². The van der Waals surface area contributed by atoms with E-state index >= 15 is 0 Å². The van der Waals surface area contributed by atoms with E-state index in [1.807, 2.05) is 10.6 Å². The Morgan fingerprint density at radius 1 is 1.53 bits per heavy atom. The molecular formula is C12H17N5O2. The van der Waals surface area contributed by atoms with Crippen molar-refractivity contribution in [3.05, 3.63) is 18.7 Å². The van der Waals surface area contributed by atoms with Gasteiger partial charge in [-0.2, -0.15) is 0 Å². The van der Waals surface area contributed by atoms with Gasteiger partial charge in [-0.25, -0.2) is 4.98 Å². The first-order valence-corrected chi connectivity index (χ1v) is 6.38. The molecular weight excluding hydrogens is 246 g/mol. The van der Waals surface area contributed by atoms with E-state index in [1.165, 1.54) is 0 Å². The number of ether oxygens (including phenoxy) is 2. The van der Waals surface area contributed by atoms with Gasteiger partial charge in [-0.1, -0.05) is 0 Å². The van der Waals surface area contributed by atoms with Crippen molar-refractivity contribution in [2.45, 2.75) is 12.5 Å². The minimum absolute atomic E-state index is 0.268. The second-order valence-corrected chi connectivity index (χ2v) is 4.52. The fourth-order valence-electron chi connectivity index (χ4n) is 2.37. The van der Waals surface area contributed by atoms with Crippen molar-refractivity contribution in [1.29, 1.82) is 0 Å². The number of rotatable bonds is 4. The molecule has 1 fully saturated rings. The summed E-state index contributed by atoms with van der Waals surface area (Å²) in [5.41, 5.74) is 0.784. The summed E-state index contributed by atoms with van der Waals surface area (Å²) in [6, 6.07) is 0.268. The molecule has 102 valence electrons. The van der Waals surface area contributed by atoms with Crippen molar-refractivity contribution in [1.82, 2.24) is 19.6 Å². The van der Waals surface area contributed by atoms with Crippen LogP contribution in [0.2, 0.25) is 0 Å². The Kier molecular flexibility index (Phi) is 3.56. The Morgan fingerprint density at radius 3 is 3.37 bits per heavy atom. The van der Waals surface area contributed by atoms with Gasteiger partial charge in [-0.15, -0.1) is 10.2 Å². The molecule has 0 radical (unpaired) electrons. The Bertz CT molecular complexity index is 544. The Labute approximate surface area is 111 Å². The molecule has 7 heteroatoms. The number of aromatic nitrogens is 4. The van der Waals surface area contributed by atoms with Crippen LogP contribution < -0.4 is 4.90 Å². The van der Waals surface area contributed by atoms with Gasteiger partial charge in [0, 0.05) is 32.7 Å². The average Bonchev–Trinajstić information content (AvgIpc) is 2.94. The fourth-order valence-corrected chi connectivity index (χ4v) is 2.37. The van der Waals surface area contributed by atoms with E-state index in [2.05, 4.69) is 20.1 Å². The molecule has 0 spiro atoms. The second kappa shape index (κ2) is 5.50. The Balaban J connectivity index is 1.91. The summed E-state index contributed by atoms with van der Waals surface area (Å²) in [6.45, 7) is 2.93. The predicted molar refractivity (Wildman–Crippen MR) is 69.2 cm³/mol. The standard InChI is InChI=1S/C12H17N5O2/c1-18-6-2-10-8-19-7-5-17(10)11-12-15-14-9-16(12)4-3-13-11/h3-4,9-10H,2,5-8H2,1H3. The number of nitrogens with zero attached hydrogens (tertiary/aromatic N) is 5. The number of hydrogen-bond acceptors (Lipinski definition) is 6. The molecule has 0 bridgehead atoms. The summed E-state index contributed by atoms with van der Waals surface area (Å²) in [5.74, 6) is 0.865. The molecule has 1 saturated heterocycles. The molecule has 1 aliphatic rings. The monoisotopic (exact) mass is 263 g/mol. The summed E-state index contributed by atoms with van der Waals surface area (Å²) in [5, 5.41) is 8.08. The lowest BCUT2D eigenvalue weighted by Crippen LogP contribution is -2.46.